The van der Waals surface area contributed by atoms with Crippen molar-refractivity contribution in [1.29, 1.82) is 0 Å². The van der Waals surface area contributed by atoms with E-state index in [0.29, 0.717) is 11.1 Å². The Morgan fingerprint density at radius 2 is 1.70 bits per heavy atom. The van der Waals surface area contributed by atoms with Gasteiger partial charge in [-0.25, -0.2) is 4.79 Å². The van der Waals surface area contributed by atoms with Crippen molar-refractivity contribution in [3.63, 3.8) is 0 Å². The minimum absolute atomic E-state index is 0.0488. The Labute approximate surface area is 173 Å². The summed E-state index contributed by atoms with van der Waals surface area (Å²) in [6.45, 7) is 2.06. The van der Waals surface area contributed by atoms with Gasteiger partial charge in [0.25, 0.3) is 0 Å². The van der Waals surface area contributed by atoms with Crippen LogP contribution in [0.4, 0.5) is 0 Å². The number of Topliss-reactive ketones (excluding diaryl/α,β-unsaturated/α-hetero) is 1. The second-order valence-electron chi connectivity index (χ2n) is 7.00. The average Bonchev–Trinajstić information content (AvgIpc) is 3.22. The topological polar surface area (TPSA) is 79.4 Å². The molecule has 4 aromatic rings. The summed E-state index contributed by atoms with van der Waals surface area (Å²) < 4.78 is 5.67. The van der Waals surface area contributed by atoms with Gasteiger partial charge in [0.2, 0.25) is 5.78 Å². The van der Waals surface area contributed by atoms with Crippen molar-refractivity contribution in [3.8, 4) is 5.75 Å². The molecule has 0 fully saturated rings. The zero-order chi connectivity index (χ0) is 21.1. The smallest absolute Gasteiger partial charge is 0.339 e. The summed E-state index contributed by atoms with van der Waals surface area (Å²) in [5, 5.41) is 10.3. The van der Waals surface area contributed by atoms with Crippen LogP contribution in [0, 0.1) is 0 Å². The quantitative estimate of drug-likeness (QED) is 0.344. The largest absolute Gasteiger partial charge is 0.508 e. The molecule has 2 N–H and O–H groups in total. The van der Waals surface area contributed by atoms with Crippen molar-refractivity contribution in [2.45, 2.75) is 19.4 Å². The first-order valence-electron chi connectivity index (χ1n) is 9.76. The number of aromatic nitrogens is 1. The maximum atomic E-state index is 13.5. The number of ketones is 1. The third-order valence-corrected chi connectivity index (χ3v) is 5.12. The zero-order valence-electron chi connectivity index (χ0n) is 16.5. The molecule has 0 unspecified atom stereocenters. The third kappa shape index (κ3) is 3.70. The van der Waals surface area contributed by atoms with E-state index in [1.807, 2.05) is 24.3 Å². The normalized spacial score (nSPS) is 11.9. The van der Waals surface area contributed by atoms with Crippen molar-refractivity contribution in [1.82, 2.24) is 4.98 Å². The van der Waals surface area contributed by atoms with Gasteiger partial charge in [-0.1, -0.05) is 55.5 Å². The molecule has 30 heavy (non-hydrogen) atoms. The number of hydrogen-bond donors (Lipinski definition) is 2. The highest BCUT2D eigenvalue weighted by atomic mass is 16.5. The molecule has 0 saturated heterocycles. The molecule has 0 radical (unpaired) electrons. The fourth-order valence-electron chi connectivity index (χ4n) is 3.53. The van der Waals surface area contributed by atoms with Crippen LogP contribution in [0.1, 0.15) is 44.9 Å². The summed E-state index contributed by atoms with van der Waals surface area (Å²) >= 11 is 0. The number of rotatable bonds is 6. The maximum absolute atomic E-state index is 13.5. The number of carbonyl (C=O) groups excluding carboxylic acids is 2. The number of nitrogens with one attached hydrogen (secondary N) is 1. The number of H-pyrrole nitrogens is 1. The summed E-state index contributed by atoms with van der Waals surface area (Å²) in [6.07, 6.45) is 1.43. The van der Waals surface area contributed by atoms with Crippen LogP contribution in [0.3, 0.4) is 0 Å². The molecule has 1 heterocycles. The SMILES string of the molecule is CCc1cccc2c(C(=O)[C@H](OC(=O)c3ccc(O)cc3)c3ccccc3)c[nH]c12. The Kier molecular flexibility index (Phi) is 5.35. The van der Waals surface area contributed by atoms with E-state index >= 15 is 0 Å². The molecule has 0 aliphatic rings. The molecule has 0 amide bonds. The minimum atomic E-state index is -1.09. The van der Waals surface area contributed by atoms with Crippen LogP contribution in [-0.2, 0) is 11.2 Å². The predicted octanol–water partition coefficient (Wildman–Crippen LogP) is 5.22. The fraction of sp³-hybridized carbons (Fsp3) is 0.120. The number of carbonyl (C=O) groups is 2. The van der Waals surface area contributed by atoms with Gasteiger partial charge in [-0.05, 0) is 36.2 Å². The first kappa shape index (κ1) is 19.5. The first-order chi connectivity index (χ1) is 14.6. The van der Waals surface area contributed by atoms with Crippen LogP contribution < -0.4 is 0 Å². The van der Waals surface area contributed by atoms with Crippen molar-refractivity contribution >= 4 is 22.7 Å². The van der Waals surface area contributed by atoms with Crippen molar-refractivity contribution in [2.24, 2.45) is 0 Å². The van der Waals surface area contributed by atoms with Crippen LogP contribution >= 0.6 is 0 Å². The van der Waals surface area contributed by atoms with Crippen LogP contribution in [0.25, 0.3) is 10.9 Å². The van der Waals surface area contributed by atoms with Crippen LogP contribution in [0.15, 0.2) is 79.0 Å². The number of aromatic amines is 1. The number of ether oxygens (including phenoxy) is 1. The third-order valence-electron chi connectivity index (χ3n) is 5.12. The van der Waals surface area contributed by atoms with Crippen molar-refractivity contribution in [3.05, 3.63) is 101 Å². The summed E-state index contributed by atoms with van der Waals surface area (Å²) in [5.41, 5.74) is 3.36. The summed E-state index contributed by atoms with van der Waals surface area (Å²) in [5.74, 6) is -0.883. The molecule has 150 valence electrons. The number of aryl methyl sites for hydroxylation is 1. The van der Waals surface area contributed by atoms with Crippen LogP contribution in [-0.4, -0.2) is 21.8 Å². The first-order valence-corrected chi connectivity index (χ1v) is 9.76. The second kappa shape index (κ2) is 8.25. The van der Waals surface area contributed by atoms with Gasteiger partial charge in [0.1, 0.15) is 5.75 Å². The van der Waals surface area contributed by atoms with E-state index in [0.717, 1.165) is 22.9 Å². The molecule has 5 heteroatoms. The number of phenols is 1. The number of benzene rings is 3. The van der Waals surface area contributed by atoms with E-state index in [4.69, 9.17) is 4.74 Å². The number of fused-ring (bicyclic) bond motifs is 1. The van der Waals surface area contributed by atoms with E-state index in [2.05, 4.69) is 11.9 Å². The number of phenolic OH excluding ortho intramolecular Hbond substituents is 1. The van der Waals surface area contributed by atoms with E-state index in [9.17, 15) is 14.7 Å². The van der Waals surface area contributed by atoms with Crippen molar-refractivity contribution in [2.75, 3.05) is 0 Å². The molecular formula is C25H21NO4. The predicted molar refractivity (Wildman–Crippen MR) is 115 cm³/mol. The zero-order valence-corrected chi connectivity index (χ0v) is 16.5. The average molecular weight is 399 g/mol. The highest BCUT2D eigenvalue weighted by Gasteiger charge is 2.28. The van der Waals surface area contributed by atoms with Gasteiger partial charge in [-0.3, -0.25) is 4.79 Å². The molecule has 0 bridgehead atoms. The lowest BCUT2D eigenvalue weighted by molar-refractivity contribution is 0.0280. The molecule has 0 aliphatic carbocycles. The molecule has 5 nitrogen and oxygen atoms in total. The summed E-state index contributed by atoms with van der Waals surface area (Å²) in [4.78, 5) is 29.4. The Hall–Kier alpha value is -3.86. The van der Waals surface area contributed by atoms with Gasteiger partial charge < -0.3 is 14.8 Å². The van der Waals surface area contributed by atoms with Gasteiger partial charge >= 0.3 is 5.97 Å². The molecule has 0 aliphatic heterocycles. The Bertz CT molecular complexity index is 1190. The summed E-state index contributed by atoms with van der Waals surface area (Å²) in [7, 11) is 0. The van der Waals surface area contributed by atoms with Gasteiger partial charge in [0.05, 0.1) is 5.56 Å². The van der Waals surface area contributed by atoms with Crippen LogP contribution in [0.5, 0.6) is 5.75 Å². The molecule has 1 aromatic heterocycles. The molecule has 1 atom stereocenters. The van der Waals surface area contributed by atoms with E-state index < -0.39 is 12.1 Å². The number of para-hydroxylation sites is 1. The monoisotopic (exact) mass is 399 g/mol. The standard InChI is InChI=1S/C25H21NO4/c1-2-16-9-6-10-20-21(15-26-22(16)20)23(28)24(17-7-4-3-5-8-17)30-25(29)18-11-13-19(27)14-12-18/h3-15,24,26-27H,2H2,1H3/t24-/m1/s1. The van der Waals surface area contributed by atoms with Crippen molar-refractivity contribution < 1.29 is 19.4 Å². The number of hydrogen-bond acceptors (Lipinski definition) is 4. The van der Waals surface area contributed by atoms with Crippen LogP contribution in [0.2, 0.25) is 0 Å². The number of aromatic hydroxyl groups is 1. The maximum Gasteiger partial charge on any atom is 0.339 e. The highest BCUT2D eigenvalue weighted by molar-refractivity contribution is 6.11. The second-order valence-corrected chi connectivity index (χ2v) is 7.00. The Balaban J connectivity index is 1.72. The molecule has 0 spiro atoms. The molecule has 4 rings (SSSR count). The van der Waals surface area contributed by atoms with Gasteiger partial charge in [-0.2, -0.15) is 0 Å². The van der Waals surface area contributed by atoms with E-state index in [-0.39, 0.29) is 17.1 Å². The summed E-state index contributed by atoms with van der Waals surface area (Å²) in [6, 6.07) is 20.5. The highest BCUT2D eigenvalue weighted by Crippen LogP contribution is 2.29. The van der Waals surface area contributed by atoms with Gasteiger partial charge in [0.15, 0.2) is 6.10 Å². The van der Waals surface area contributed by atoms with E-state index in [1.54, 1.807) is 30.5 Å². The fourth-order valence-corrected chi connectivity index (χ4v) is 3.53. The molecule has 0 saturated carbocycles. The lowest BCUT2D eigenvalue weighted by Crippen LogP contribution is -2.20. The number of esters is 1. The molecular weight excluding hydrogens is 378 g/mol. The minimum Gasteiger partial charge on any atom is -0.508 e. The molecule has 3 aromatic carbocycles. The Morgan fingerprint density at radius 3 is 2.40 bits per heavy atom. The lowest BCUT2D eigenvalue weighted by Gasteiger charge is -2.17. The van der Waals surface area contributed by atoms with Gasteiger partial charge in [-0.15, -0.1) is 0 Å². The Morgan fingerprint density at radius 1 is 0.967 bits per heavy atom. The van der Waals surface area contributed by atoms with E-state index in [1.165, 1.54) is 24.3 Å². The van der Waals surface area contributed by atoms with Gasteiger partial charge in [0, 0.05) is 28.2 Å². The lowest BCUT2D eigenvalue weighted by atomic mass is 9.98.